The van der Waals surface area contributed by atoms with Crippen LogP contribution in [0, 0.1) is 0 Å². The van der Waals surface area contributed by atoms with Crippen LogP contribution in [0.2, 0.25) is 0 Å². The second kappa shape index (κ2) is 5.25. The predicted octanol–water partition coefficient (Wildman–Crippen LogP) is 1.74. The maximum atomic E-state index is 8.92. The van der Waals surface area contributed by atoms with Gasteiger partial charge in [0.05, 0.1) is 24.7 Å². The Morgan fingerprint density at radius 1 is 1.31 bits per heavy atom. The molecule has 0 aromatic carbocycles. The van der Waals surface area contributed by atoms with Crippen LogP contribution in [0.3, 0.4) is 0 Å². The van der Waals surface area contributed by atoms with Gasteiger partial charge in [0.25, 0.3) is 0 Å². The number of anilines is 1. The fourth-order valence-electron chi connectivity index (χ4n) is 2.40. The van der Waals surface area contributed by atoms with E-state index in [9.17, 15) is 0 Å². The molecule has 4 nitrogen and oxygen atoms in total. The van der Waals surface area contributed by atoms with Gasteiger partial charge in [-0.2, -0.15) is 0 Å². The summed E-state index contributed by atoms with van der Waals surface area (Å²) in [6, 6.07) is 0.624. The molecule has 0 amide bonds. The van der Waals surface area contributed by atoms with Crippen molar-refractivity contribution in [3.05, 3.63) is 18.1 Å². The third-order valence-corrected chi connectivity index (χ3v) is 3.25. The lowest BCUT2D eigenvalue weighted by molar-refractivity contribution is 0.276. The molecule has 1 aromatic rings. The molecule has 1 aromatic heterocycles. The van der Waals surface area contributed by atoms with Crippen LogP contribution < -0.4 is 4.90 Å². The normalized spacial score (nSPS) is 16.6. The smallest absolute Gasteiger partial charge is 0.147 e. The highest BCUT2D eigenvalue weighted by atomic mass is 16.3. The highest BCUT2D eigenvalue weighted by Crippen LogP contribution is 2.26. The van der Waals surface area contributed by atoms with Crippen molar-refractivity contribution in [3.63, 3.8) is 0 Å². The fraction of sp³-hybridized carbons (Fsp3) is 0.667. The summed E-state index contributed by atoms with van der Waals surface area (Å²) in [5.74, 6) is 0.937. The standard InChI is InChI=1S/C12H19N3O/c1-2-15(11-5-3-4-6-11)12-8-13-10(9-16)7-14-12/h7-8,11,16H,2-6,9H2,1H3. The van der Waals surface area contributed by atoms with Gasteiger partial charge in [0, 0.05) is 12.6 Å². The molecule has 88 valence electrons. The molecule has 0 bridgehead atoms. The molecule has 0 spiro atoms. The van der Waals surface area contributed by atoms with E-state index in [-0.39, 0.29) is 6.61 Å². The van der Waals surface area contributed by atoms with Crippen molar-refractivity contribution < 1.29 is 5.11 Å². The van der Waals surface area contributed by atoms with Crippen molar-refractivity contribution in [3.8, 4) is 0 Å². The number of hydrogen-bond acceptors (Lipinski definition) is 4. The highest BCUT2D eigenvalue weighted by molar-refractivity contribution is 5.37. The average molecular weight is 221 g/mol. The van der Waals surface area contributed by atoms with E-state index in [1.807, 2.05) is 0 Å². The maximum absolute atomic E-state index is 8.92. The molecule has 0 saturated heterocycles. The summed E-state index contributed by atoms with van der Waals surface area (Å²) >= 11 is 0. The van der Waals surface area contributed by atoms with Gasteiger partial charge in [0.1, 0.15) is 5.82 Å². The Hall–Kier alpha value is -1.16. The number of hydrogen-bond donors (Lipinski definition) is 1. The minimum Gasteiger partial charge on any atom is -0.390 e. The van der Waals surface area contributed by atoms with Gasteiger partial charge >= 0.3 is 0 Å². The lowest BCUT2D eigenvalue weighted by Gasteiger charge is -2.28. The molecule has 0 atom stereocenters. The van der Waals surface area contributed by atoms with Crippen LogP contribution in [0.15, 0.2) is 12.4 Å². The SMILES string of the molecule is CCN(c1cnc(CO)cn1)C1CCCC1. The predicted molar refractivity (Wildman–Crippen MR) is 63.2 cm³/mol. The van der Waals surface area contributed by atoms with E-state index in [1.165, 1.54) is 25.7 Å². The monoisotopic (exact) mass is 221 g/mol. The lowest BCUT2D eigenvalue weighted by Crippen LogP contribution is -2.33. The number of rotatable bonds is 4. The first-order chi connectivity index (χ1) is 7.85. The molecule has 2 rings (SSSR count). The first kappa shape index (κ1) is 11.3. The highest BCUT2D eigenvalue weighted by Gasteiger charge is 2.22. The minimum absolute atomic E-state index is 0.0389. The summed E-state index contributed by atoms with van der Waals surface area (Å²) in [7, 11) is 0. The van der Waals surface area contributed by atoms with Crippen molar-refractivity contribution in [1.82, 2.24) is 9.97 Å². The van der Waals surface area contributed by atoms with E-state index >= 15 is 0 Å². The van der Waals surface area contributed by atoms with Crippen molar-refractivity contribution in [2.75, 3.05) is 11.4 Å². The molecule has 1 aliphatic rings. The summed E-state index contributed by atoms with van der Waals surface area (Å²) in [4.78, 5) is 10.9. The van der Waals surface area contributed by atoms with Gasteiger partial charge in [-0.3, -0.25) is 4.98 Å². The van der Waals surface area contributed by atoms with E-state index in [0.29, 0.717) is 11.7 Å². The average Bonchev–Trinajstić information content (AvgIpc) is 2.85. The van der Waals surface area contributed by atoms with Crippen LogP contribution in [0.4, 0.5) is 5.82 Å². The quantitative estimate of drug-likeness (QED) is 0.841. The molecule has 0 radical (unpaired) electrons. The molecule has 1 fully saturated rings. The topological polar surface area (TPSA) is 49.2 Å². The van der Waals surface area contributed by atoms with E-state index in [0.717, 1.165) is 12.4 Å². The molecule has 1 aliphatic carbocycles. The van der Waals surface area contributed by atoms with Crippen LogP contribution >= 0.6 is 0 Å². The lowest BCUT2D eigenvalue weighted by atomic mass is 10.2. The number of aliphatic hydroxyl groups excluding tert-OH is 1. The second-order valence-corrected chi connectivity index (χ2v) is 4.25. The fourth-order valence-corrected chi connectivity index (χ4v) is 2.40. The number of aromatic nitrogens is 2. The third kappa shape index (κ3) is 2.32. The number of nitrogens with zero attached hydrogens (tertiary/aromatic N) is 3. The Balaban J connectivity index is 2.12. The van der Waals surface area contributed by atoms with Gasteiger partial charge in [-0.05, 0) is 19.8 Å². The van der Waals surface area contributed by atoms with Gasteiger partial charge in [-0.1, -0.05) is 12.8 Å². The van der Waals surface area contributed by atoms with Gasteiger partial charge in [0.2, 0.25) is 0 Å². The van der Waals surface area contributed by atoms with Gasteiger partial charge in [0.15, 0.2) is 0 Å². The Morgan fingerprint density at radius 2 is 2.06 bits per heavy atom. The van der Waals surface area contributed by atoms with E-state index in [1.54, 1.807) is 12.4 Å². The zero-order valence-corrected chi connectivity index (χ0v) is 9.76. The minimum atomic E-state index is -0.0389. The summed E-state index contributed by atoms with van der Waals surface area (Å²) in [6.07, 6.45) is 8.60. The Morgan fingerprint density at radius 3 is 2.56 bits per heavy atom. The molecule has 0 aliphatic heterocycles. The summed E-state index contributed by atoms with van der Waals surface area (Å²) in [6.45, 7) is 3.08. The Kier molecular flexibility index (Phi) is 3.72. The number of aliphatic hydroxyl groups is 1. The van der Waals surface area contributed by atoms with Crippen LogP contribution in [-0.4, -0.2) is 27.7 Å². The first-order valence-electron chi connectivity index (χ1n) is 6.03. The zero-order valence-electron chi connectivity index (χ0n) is 9.76. The molecular formula is C12H19N3O. The third-order valence-electron chi connectivity index (χ3n) is 3.25. The summed E-state index contributed by atoms with van der Waals surface area (Å²) < 4.78 is 0. The van der Waals surface area contributed by atoms with Crippen molar-refractivity contribution in [2.24, 2.45) is 0 Å². The molecule has 1 N–H and O–H groups in total. The summed E-state index contributed by atoms with van der Waals surface area (Å²) in [5.41, 5.74) is 0.631. The van der Waals surface area contributed by atoms with Crippen LogP contribution in [0.25, 0.3) is 0 Å². The van der Waals surface area contributed by atoms with E-state index in [2.05, 4.69) is 21.8 Å². The van der Waals surface area contributed by atoms with Crippen LogP contribution in [0.1, 0.15) is 38.3 Å². The van der Waals surface area contributed by atoms with Crippen LogP contribution in [0.5, 0.6) is 0 Å². The molecular weight excluding hydrogens is 202 g/mol. The largest absolute Gasteiger partial charge is 0.390 e. The molecule has 1 saturated carbocycles. The molecule has 0 unspecified atom stereocenters. The van der Waals surface area contributed by atoms with Gasteiger partial charge < -0.3 is 10.0 Å². The van der Waals surface area contributed by atoms with Crippen LogP contribution in [-0.2, 0) is 6.61 Å². The Bertz CT molecular complexity index is 320. The van der Waals surface area contributed by atoms with Crippen molar-refractivity contribution >= 4 is 5.82 Å². The van der Waals surface area contributed by atoms with E-state index < -0.39 is 0 Å². The maximum Gasteiger partial charge on any atom is 0.147 e. The van der Waals surface area contributed by atoms with Gasteiger partial charge in [-0.25, -0.2) is 4.98 Å². The zero-order chi connectivity index (χ0) is 11.4. The first-order valence-corrected chi connectivity index (χ1v) is 6.03. The van der Waals surface area contributed by atoms with E-state index in [4.69, 9.17) is 5.11 Å². The summed E-state index contributed by atoms with van der Waals surface area (Å²) in [5, 5.41) is 8.92. The Labute approximate surface area is 96.3 Å². The molecule has 4 heteroatoms. The molecule has 16 heavy (non-hydrogen) atoms. The van der Waals surface area contributed by atoms with Crippen molar-refractivity contribution in [2.45, 2.75) is 45.3 Å². The van der Waals surface area contributed by atoms with Gasteiger partial charge in [-0.15, -0.1) is 0 Å². The second-order valence-electron chi connectivity index (χ2n) is 4.25. The molecule has 1 heterocycles. The van der Waals surface area contributed by atoms with Crippen molar-refractivity contribution in [1.29, 1.82) is 0 Å².